The van der Waals surface area contributed by atoms with Gasteiger partial charge in [-0.15, -0.1) is 0 Å². The third-order valence-electron chi connectivity index (χ3n) is 5.91. The number of anilines is 3. The number of rotatable bonds is 8. The number of hydrogen-bond acceptors (Lipinski definition) is 6. The van der Waals surface area contributed by atoms with Gasteiger partial charge < -0.3 is 20.1 Å². The Labute approximate surface area is 209 Å². The molecule has 4 rings (SSSR count). The van der Waals surface area contributed by atoms with Crippen LogP contribution in [0, 0.1) is 5.82 Å². The van der Waals surface area contributed by atoms with Crippen LogP contribution in [-0.2, 0) is 9.53 Å². The van der Waals surface area contributed by atoms with Crippen LogP contribution in [0.5, 0.6) is 5.75 Å². The molecule has 2 N–H and O–H groups in total. The SMILES string of the molecule is COc1cc2ccnc(Nc3ccc(F)c(Cl)c3)c2cc1NC(=O)CCCN1C[C@@H](C)O[C@@H](C)C1. The van der Waals surface area contributed by atoms with Crippen molar-refractivity contribution in [2.24, 2.45) is 0 Å². The van der Waals surface area contributed by atoms with Crippen LogP contribution in [0.25, 0.3) is 10.8 Å². The number of halogens is 2. The number of ether oxygens (including phenoxy) is 2. The Kier molecular flexibility index (Phi) is 8.05. The molecule has 0 aliphatic carbocycles. The van der Waals surface area contributed by atoms with E-state index in [1.807, 2.05) is 18.2 Å². The molecule has 0 spiro atoms. The molecule has 35 heavy (non-hydrogen) atoms. The smallest absolute Gasteiger partial charge is 0.224 e. The van der Waals surface area contributed by atoms with Crippen LogP contribution in [0.2, 0.25) is 5.02 Å². The van der Waals surface area contributed by atoms with Crippen LogP contribution in [0.3, 0.4) is 0 Å². The van der Waals surface area contributed by atoms with Crippen molar-refractivity contribution in [2.45, 2.75) is 38.9 Å². The molecule has 1 fully saturated rings. The topological polar surface area (TPSA) is 75.7 Å². The number of aromatic nitrogens is 1. The highest BCUT2D eigenvalue weighted by Gasteiger charge is 2.22. The first kappa shape index (κ1) is 25.2. The summed E-state index contributed by atoms with van der Waals surface area (Å²) in [5.74, 6) is 0.540. The lowest BCUT2D eigenvalue weighted by molar-refractivity contribution is -0.116. The van der Waals surface area contributed by atoms with E-state index >= 15 is 0 Å². The Balaban J connectivity index is 1.47. The average molecular weight is 501 g/mol. The van der Waals surface area contributed by atoms with E-state index in [0.717, 1.165) is 36.8 Å². The van der Waals surface area contributed by atoms with Gasteiger partial charge in [-0.2, -0.15) is 0 Å². The molecule has 3 aromatic rings. The average Bonchev–Trinajstić information content (AvgIpc) is 2.81. The third-order valence-corrected chi connectivity index (χ3v) is 6.20. The maximum Gasteiger partial charge on any atom is 0.224 e. The lowest BCUT2D eigenvalue weighted by Crippen LogP contribution is -2.45. The van der Waals surface area contributed by atoms with E-state index in [1.54, 1.807) is 19.4 Å². The Morgan fingerprint density at radius 3 is 2.71 bits per heavy atom. The van der Waals surface area contributed by atoms with Gasteiger partial charge in [0.15, 0.2) is 0 Å². The van der Waals surface area contributed by atoms with E-state index in [0.29, 0.717) is 29.4 Å². The second-order valence-electron chi connectivity index (χ2n) is 8.86. The van der Waals surface area contributed by atoms with Gasteiger partial charge in [-0.3, -0.25) is 9.69 Å². The van der Waals surface area contributed by atoms with Crippen molar-refractivity contribution >= 4 is 45.5 Å². The van der Waals surface area contributed by atoms with Crippen molar-refractivity contribution in [2.75, 3.05) is 37.4 Å². The standard InChI is InChI=1S/C26H30ClFN4O3/c1-16-14-32(15-17(2)35-16)10-4-5-25(33)31-23-13-20-18(11-24(23)34-3)8-9-29-26(20)30-19-6-7-22(28)21(27)12-19/h6-9,11-13,16-17H,4-5,10,14-15H2,1-3H3,(H,29,30)(H,31,33)/t16-,17+. The molecular formula is C26H30ClFN4O3. The molecule has 0 unspecified atom stereocenters. The van der Waals surface area contributed by atoms with Crippen LogP contribution in [0.15, 0.2) is 42.6 Å². The van der Waals surface area contributed by atoms with Crippen molar-refractivity contribution in [3.8, 4) is 5.75 Å². The van der Waals surface area contributed by atoms with E-state index in [2.05, 4.69) is 34.4 Å². The Morgan fingerprint density at radius 1 is 1.23 bits per heavy atom. The summed E-state index contributed by atoms with van der Waals surface area (Å²) in [5, 5.41) is 7.84. The normalized spacial score (nSPS) is 18.4. The summed E-state index contributed by atoms with van der Waals surface area (Å²) in [5.41, 5.74) is 1.16. The molecule has 1 aliphatic heterocycles. The van der Waals surface area contributed by atoms with E-state index in [-0.39, 0.29) is 23.1 Å². The summed E-state index contributed by atoms with van der Waals surface area (Å²) in [7, 11) is 1.57. The van der Waals surface area contributed by atoms with Gasteiger partial charge in [-0.05, 0) is 68.6 Å². The van der Waals surface area contributed by atoms with Crippen molar-refractivity contribution in [3.63, 3.8) is 0 Å². The number of morpholine rings is 1. The van der Waals surface area contributed by atoms with E-state index in [4.69, 9.17) is 21.1 Å². The predicted molar refractivity (Wildman–Crippen MR) is 137 cm³/mol. The van der Waals surface area contributed by atoms with Gasteiger partial charge in [0.25, 0.3) is 0 Å². The second kappa shape index (κ2) is 11.2. The van der Waals surface area contributed by atoms with Crippen LogP contribution >= 0.6 is 11.6 Å². The highest BCUT2D eigenvalue weighted by molar-refractivity contribution is 6.31. The number of nitrogens with one attached hydrogen (secondary N) is 2. The molecule has 1 saturated heterocycles. The third kappa shape index (κ3) is 6.39. The van der Waals surface area contributed by atoms with Gasteiger partial charge in [0.1, 0.15) is 17.4 Å². The largest absolute Gasteiger partial charge is 0.495 e. The zero-order chi connectivity index (χ0) is 24.9. The zero-order valence-electron chi connectivity index (χ0n) is 20.1. The summed E-state index contributed by atoms with van der Waals surface area (Å²) in [4.78, 5) is 19.5. The molecule has 0 saturated carbocycles. The molecule has 0 radical (unpaired) electrons. The van der Waals surface area contributed by atoms with Gasteiger partial charge in [0.05, 0.1) is 30.0 Å². The van der Waals surface area contributed by atoms with E-state index < -0.39 is 5.82 Å². The molecule has 1 aromatic heterocycles. The summed E-state index contributed by atoms with van der Waals surface area (Å²) in [6.07, 6.45) is 3.23. The first-order chi connectivity index (χ1) is 16.8. The van der Waals surface area contributed by atoms with Crippen LogP contribution in [0.1, 0.15) is 26.7 Å². The van der Waals surface area contributed by atoms with Gasteiger partial charge in [0.2, 0.25) is 5.91 Å². The number of amides is 1. The number of nitrogens with zero attached hydrogens (tertiary/aromatic N) is 2. The van der Waals surface area contributed by atoms with E-state index in [9.17, 15) is 9.18 Å². The number of methoxy groups -OCH3 is 1. The monoisotopic (exact) mass is 500 g/mol. The minimum absolute atomic E-state index is 0.0193. The van der Waals surface area contributed by atoms with Gasteiger partial charge in [-0.25, -0.2) is 9.37 Å². The Morgan fingerprint density at radius 2 is 2.00 bits per heavy atom. The Hall–Kier alpha value is -2.94. The van der Waals surface area contributed by atoms with Crippen molar-refractivity contribution < 1.29 is 18.7 Å². The quantitative estimate of drug-likeness (QED) is 0.419. The number of fused-ring (bicyclic) bond motifs is 1. The van der Waals surface area contributed by atoms with E-state index in [1.165, 1.54) is 12.1 Å². The molecule has 0 bridgehead atoms. The highest BCUT2D eigenvalue weighted by Crippen LogP contribution is 2.34. The van der Waals surface area contributed by atoms with Crippen molar-refractivity contribution in [1.29, 1.82) is 0 Å². The highest BCUT2D eigenvalue weighted by atomic mass is 35.5. The second-order valence-corrected chi connectivity index (χ2v) is 9.26. The first-order valence-corrected chi connectivity index (χ1v) is 12.1. The molecule has 2 heterocycles. The fourth-order valence-electron chi connectivity index (χ4n) is 4.42. The summed E-state index contributed by atoms with van der Waals surface area (Å²) >= 11 is 5.92. The van der Waals surface area contributed by atoms with Gasteiger partial charge >= 0.3 is 0 Å². The molecule has 2 atom stereocenters. The molecule has 1 aliphatic rings. The molecule has 186 valence electrons. The first-order valence-electron chi connectivity index (χ1n) is 11.7. The fraction of sp³-hybridized carbons (Fsp3) is 0.385. The lowest BCUT2D eigenvalue weighted by Gasteiger charge is -2.35. The zero-order valence-corrected chi connectivity index (χ0v) is 20.9. The maximum atomic E-state index is 13.5. The summed E-state index contributed by atoms with van der Waals surface area (Å²) < 4.78 is 24.8. The minimum Gasteiger partial charge on any atom is -0.495 e. The fourth-order valence-corrected chi connectivity index (χ4v) is 4.60. The van der Waals surface area contributed by atoms with Crippen LogP contribution in [0.4, 0.5) is 21.6 Å². The lowest BCUT2D eigenvalue weighted by atomic mass is 10.1. The number of pyridine rings is 1. The Bertz CT molecular complexity index is 1200. The maximum absolute atomic E-state index is 13.5. The van der Waals surface area contributed by atoms with Crippen LogP contribution in [-0.4, -0.2) is 54.7 Å². The number of carbonyl (C=O) groups is 1. The minimum atomic E-state index is -0.490. The van der Waals surface area contributed by atoms with Crippen molar-refractivity contribution in [3.05, 3.63) is 53.4 Å². The number of hydrogen-bond donors (Lipinski definition) is 2. The van der Waals surface area contributed by atoms with Crippen LogP contribution < -0.4 is 15.4 Å². The number of benzene rings is 2. The number of carbonyl (C=O) groups excluding carboxylic acids is 1. The predicted octanol–water partition coefficient (Wildman–Crippen LogP) is 5.61. The summed E-state index contributed by atoms with van der Waals surface area (Å²) in [6, 6.07) is 9.92. The van der Waals surface area contributed by atoms with Gasteiger partial charge in [-0.1, -0.05) is 11.6 Å². The summed E-state index contributed by atoms with van der Waals surface area (Å²) in [6.45, 7) is 6.76. The molecule has 2 aromatic carbocycles. The van der Waals surface area contributed by atoms with Gasteiger partial charge in [0, 0.05) is 36.8 Å². The van der Waals surface area contributed by atoms with Crippen molar-refractivity contribution in [1.82, 2.24) is 9.88 Å². The molecule has 7 nitrogen and oxygen atoms in total. The molecular weight excluding hydrogens is 471 g/mol. The molecule has 1 amide bonds. The molecule has 9 heteroatoms.